The van der Waals surface area contributed by atoms with Gasteiger partial charge in [-0.1, -0.05) is 48.9 Å². The zero-order chi connectivity index (χ0) is 15.2. The number of rotatable bonds is 6. The molecule has 21 heavy (non-hydrogen) atoms. The maximum absolute atomic E-state index is 6.13. The standard InChI is InChI=1S/C18H22ClNO/c1-4-11-21-17-8-6-5-7-15(17)18(20-3)14-9-10-16(19)13(2)12-14/h5-10,12,18,20H,4,11H2,1-3H3. The third kappa shape index (κ3) is 3.78. The van der Waals surface area contributed by atoms with E-state index < -0.39 is 0 Å². The van der Waals surface area contributed by atoms with Crippen molar-refractivity contribution in [3.05, 3.63) is 64.2 Å². The Hall–Kier alpha value is -1.51. The summed E-state index contributed by atoms with van der Waals surface area (Å²) in [5.41, 5.74) is 3.42. The summed E-state index contributed by atoms with van der Waals surface area (Å²) >= 11 is 6.13. The van der Waals surface area contributed by atoms with Crippen molar-refractivity contribution in [2.45, 2.75) is 26.3 Å². The van der Waals surface area contributed by atoms with Gasteiger partial charge in [0.1, 0.15) is 5.75 Å². The van der Waals surface area contributed by atoms with Gasteiger partial charge in [-0.3, -0.25) is 0 Å². The molecule has 2 nitrogen and oxygen atoms in total. The molecule has 2 aromatic rings. The van der Waals surface area contributed by atoms with Gasteiger partial charge in [0.05, 0.1) is 12.6 Å². The van der Waals surface area contributed by atoms with Crippen molar-refractivity contribution >= 4 is 11.6 Å². The lowest BCUT2D eigenvalue weighted by Crippen LogP contribution is -2.19. The van der Waals surface area contributed by atoms with Crippen LogP contribution in [0, 0.1) is 6.92 Å². The van der Waals surface area contributed by atoms with Crippen LogP contribution in [0.2, 0.25) is 5.02 Å². The zero-order valence-electron chi connectivity index (χ0n) is 12.8. The number of halogens is 1. The van der Waals surface area contributed by atoms with Gasteiger partial charge in [-0.25, -0.2) is 0 Å². The molecule has 112 valence electrons. The lowest BCUT2D eigenvalue weighted by molar-refractivity contribution is 0.312. The number of hydrogen-bond acceptors (Lipinski definition) is 2. The molecular formula is C18H22ClNO. The largest absolute Gasteiger partial charge is 0.493 e. The molecule has 0 spiro atoms. The summed E-state index contributed by atoms with van der Waals surface area (Å²) < 4.78 is 5.88. The molecule has 0 bridgehead atoms. The van der Waals surface area contributed by atoms with Gasteiger partial charge in [-0.15, -0.1) is 0 Å². The van der Waals surface area contributed by atoms with Crippen LogP contribution in [0.3, 0.4) is 0 Å². The van der Waals surface area contributed by atoms with E-state index in [4.69, 9.17) is 16.3 Å². The van der Waals surface area contributed by atoms with E-state index in [2.05, 4.69) is 30.4 Å². The van der Waals surface area contributed by atoms with Crippen LogP contribution in [0.25, 0.3) is 0 Å². The minimum atomic E-state index is 0.0917. The maximum atomic E-state index is 6.13. The Morgan fingerprint density at radius 3 is 2.62 bits per heavy atom. The first kappa shape index (κ1) is 15.9. The van der Waals surface area contributed by atoms with Crippen LogP contribution in [0.5, 0.6) is 5.75 Å². The molecule has 0 radical (unpaired) electrons. The second-order valence-electron chi connectivity index (χ2n) is 5.12. The van der Waals surface area contributed by atoms with Crippen LogP contribution in [0.4, 0.5) is 0 Å². The average Bonchev–Trinajstić information content (AvgIpc) is 2.50. The summed E-state index contributed by atoms with van der Waals surface area (Å²) in [4.78, 5) is 0. The SMILES string of the molecule is CCCOc1ccccc1C(NC)c1ccc(Cl)c(C)c1. The number of benzene rings is 2. The van der Waals surface area contributed by atoms with Crippen molar-refractivity contribution in [1.29, 1.82) is 0 Å². The van der Waals surface area contributed by atoms with Gasteiger partial charge in [-0.05, 0) is 43.7 Å². The number of para-hydroxylation sites is 1. The number of aryl methyl sites for hydroxylation is 1. The summed E-state index contributed by atoms with van der Waals surface area (Å²) in [7, 11) is 1.96. The molecule has 0 saturated heterocycles. The number of ether oxygens (including phenoxy) is 1. The van der Waals surface area contributed by atoms with E-state index in [1.54, 1.807) is 0 Å². The Balaban J connectivity index is 2.38. The van der Waals surface area contributed by atoms with E-state index in [1.165, 1.54) is 5.56 Å². The molecule has 0 amide bonds. The fourth-order valence-electron chi connectivity index (χ4n) is 2.41. The van der Waals surface area contributed by atoms with Gasteiger partial charge in [-0.2, -0.15) is 0 Å². The molecule has 0 heterocycles. The molecule has 0 fully saturated rings. The van der Waals surface area contributed by atoms with Gasteiger partial charge in [0.25, 0.3) is 0 Å². The smallest absolute Gasteiger partial charge is 0.124 e. The Bertz CT molecular complexity index is 598. The highest BCUT2D eigenvalue weighted by Gasteiger charge is 2.17. The third-order valence-corrected chi connectivity index (χ3v) is 3.92. The molecule has 0 saturated carbocycles. The van der Waals surface area contributed by atoms with Gasteiger partial charge < -0.3 is 10.1 Å². The van der Waals surface area contributed by atoms with Crippen molar-refractivity contribution in [2.75, 3.05) is 13.7 Å². The summed E-state index contributed by atoms with van der Waals surface area (Å²) in [6, 6.07) is 14.4. The molecule has 2 aromatic carbocycles. The fourth-order valence-corrected chi connectivity index (χ4v) is 2.53. The van der Waals surface area contributed by atoms with E-state index in [9.17, 15) is 0 Å². The van der Waals surface area contributed by atoms with Crippen molar-refractivity contribution < 1.29 is 4.74 Å². The minimum absolute atomic E-state index is 0.0917. The Kier molecular flexibility index (Phi) is 5.66. The average molecular weight is 304 g/mol. The molecule has 2 rings (SSSR count). The summed E-state index contributed by atoms with van der Waals surface area (Å²) in [5.74, 6) is 0.936. The Morgan fingerprint density at radius 2 is 1.95 bits per heavy atom. The minimum Gasteiger partial charge on any atom is -0.493 e. The lowest BCUT2D eigenvalue weighted by atomic mass is 9.96. The van der Waals surface area contributed by atoms with Gasteiger partial charge >= 0.3 is 0 Å². The normalized spacial score (nSPS) is 12.2. The Labute approximate surface area is 132 Å². The highest BCUT2D eigenvalue weighted by atomic mass is 35.5. The molecule has 0 aromatic heterocycles. The van der Waals surface area contributed by atoms with Crippen molar-refractivity contribution in [1.82, 2.24) is 5.32 Å². The van der Waals surface area contributed by atoms with Gasteiger partial charge in [0, 0.05) is 10.6 Å². The van der Waals surface area contributed by atoms with E-state index in [-0.39, 0.29) is 6.04 Å². The first-order valence-corrected chi connectivity index (χ1v) is 7.70. The second-order valence-corrected chi connectivity index (χ2v) is 5.52. The molecule has 0 aliphatic carbocycles. The van der Waals surface area contributed by atoms with Crippen LogP contribution in [0.1, 0.15) is 36.1 Å². The highest BCUT2D eigenvalue weighted by molar-refractivity contribution is 6.31. The topological polar surface area (TPSA) is 21.3 Å². The van der Waals surface area contributed by atoms with Crippen LogP contribution in [0.15, 0.2) is 42.5 Å². The summed E-state index contributed by atoms with van der Waals surface area (Å²) in [6.07, 6.45) is 0.999. The quantitative estimate of drug-likeness (QED) is 0.832. The van der Waals surface area contributed by atoms with Crippen molar-refractivity contribution in [3.63, 3.8) is 0 Å². The monoisotopic (exact) mass is 303 g/mol. The Morgan fingerprint density at radius 1 is 1.19 bits per heavy atom. The number of hydrogen-bond donors (Lipinski definition) is 1. The van der Waals surface area contributed by atoms with Crippen LogP contribution in [-0.4, -0.2) is 13.7 Å². The number of nitrogens with one attached hydrogen (secondary N) is 1. The van der Waals surface area contributed by atoms with E-state index in [1.807, 2.05) is 38.2 Å². The molecule has 1 atom stereocenters. The zero-order valence-corrected chi connectivity index (χ0v) is 13.6. The molecule has 1 unspecified atom stereocenters. The van der Waals surface area contributed by atoms with E-state index in [0.717, 1.165) is 34.9 Å². The summed E-state index contributed by atoms with van der Waals surface area (Å²) in [5, 5.41) is 4.17. The van der Waals surface area contributed by atoms with Crippen LogP contribution < -0.4 is 10.1 Å². The van der Waals surface area contributed by atoms with Crippen LogP contribution in [-0.2, 0) is 0 Å². The first-order valence-electron chi connectivity index (χ1n) is 7.32. The molecule has 3 heteroatoms. The maximum Gasteiger partial charge on any atom is 0.124 e. The lowest BCUT2D eigenvalue weighted by Gasteiger charge is -2.21. The molecule has 1 N–H and O–H groups in total. The third-order valence-electron chi connectivity index (χ3n) is 3.50. The van der Waals surface area contributed by atoms with Gasteiger partial charge in [0.15, 0.2) is 0 Å². The predicted molar refractivity (Wildman–Crippen MR) is 89.3 cm³/mol. The highest BCUT2D eigenvalue weighted by Crippen LogP contribution is 2.31. The van der Waals surface area contributed by atoms with Crippen molar-refractivity contribution in [3.8, 4) is 5.75 Å². The predicted octanol–water partition coefficient (Wildman–Crippen LogP) is 4.75. The fraction of sp³-hybridized carbons (Fsp3) is 0.333. The summed E-state index contributed by atoms with van der Waals surface area (Å²) in [6.45, 7) is 4.87. The van der Waals surface area contributed by atoms with Crippen molar-refractivity contribution in [2.24, 2.45) is 0 Å². The van der Waals surface area contributed by atoms with E-state index >= 15 is 0 Å². The molecule has 0 aliphatic heterocycles. The second kappa shape index (κ2) is 7.48. The first-order chi connectivity index (χ1) is 10.2. The van der Waals surface area contributed by atoms with E-state index in [0.29, 0.717) is 0 Å². The molecular weight excluding hydrogens is 282 g/mol. The van der Waals surface area contributed by atoms with Crippen LogP contribution >= 0.6 is 11.6 Å². The van der Waals surface area contributed by atoms with Gasteiger partial charge in [0.2, 0.25) is 0 Å². The molecule has 0 aliphatic rings.